The van der Waals surface area contributed by atoms with Gasteiger partial charge in [0.25, 0.3) is 5.95 Å². The highest BCUT2D eigenvalue weighted by atomic mass is 16.5. The van der Waals surface area contributed by atoms with Crippen molar-refractivity contribution in [2.45, 2.75) is 0 Å². The van der Waals surface area contributed by atoms with Crippen LogP contribution in [0.25, 0.3) is 5.95 Å². The molecule has 8 heteroatoms. The molecule has 0 aliphatic carbocycles. The summed E-state index contributed by atoms with van der Waals surface area (Å²) in [5.74, 6) is 1.18. The molecule has 2 N–H and O–H groups in total. The Morgan fingerprint density at radius 3 is 2.61 bits per heavy atom. The van der Waals surface area contributed by atoms with E-state index in [0.29, 0.717) is 25.1 Å². The van der Waals surface area contributed by atoms with Gasteiger partial charge in [-0.2, -0.15) is 20.1 Å². The predicted octanol–water partition coefficient (Wildman–Crippen LogP) is -0.524. The van der Waals surface area contributed by atoms with Crippen LogP contribution >= 0.6 is 0 Å². The Hall–Kier alpha value is -2.22. The van der Waals surface area contributed by atoms with Crippen LogP contribution in [-0.2, 0) is 4.74 Å². The molecule has 94 valence electrons. The fourth-order valence-corrected chi connectivity index (χ4v) is 1.76. The van der Waals surface area contributed by atoms with Crippen LogP contribution < -0.4 is 10.6 Å². The molecule has 0 radical (unpaired) electrons. The Morgan fingerprint density at radius 2 is 1.89 bits per heavy atom. The number of nitrogens with two attached hydrogens (primary N) is 1. The van der Waals surface area contributed by atoms with Crippen molar-refractivity contribution in [3.8, 4) is 5.95 Å². The molecule has 2 aromatic rings. The van der Waals surface area contributed by atoms with E-state index in [1.54, 1.807) is 23.1 Å². The summed E-state index contributed by atoms with van der Waals surface area (Å²) in [4.78, 5) is 14.6. The molecular formula is C10H13N7O. The molecule has 0 bridgehead atoms. The first kappa shape index (κ1) is 10.9. The highest BCUT2D eigenvalue weighted by Gasteiger charge is 2.16. The van der Waals surface area contributed by atoms with Crippen LogP contribution in [0.1, 0.15) is 0 Å². The number of aromatic nitrogens is 5. The molecule has 1 aliphatic rings. The van der Waals surface area contributed by atoms with Gasteiger partial charge in [-0.3, -0.25) is 0 Å². The molecule has 1 fully saturated rings. The van der Waals surface area contributed by atoms with Gasteiger partial charge in [0.2, 0.25) is 11.9 Å². The second kappa shape index (κ2) is 4.57. The normalized spacial score (nSPS) is 15.9. The van der Waals surface area contributed by atoms with Gasteiger partial charge < -0.3 is 15.4 Å². The third-order valence-corrected chi connectivity index (χ3v) is 2.63. The van der Waals surface area contributed by atoms with Gasteiger partial charge in [0, 0.05) is 25.5 Å². The lowest BCUT2D eigenvalue weighted by atomic mass is 10.4. The summed E-state index contributed by atoms with van der Waals surface area (Å²) in [6.07, 6.45) is 3.42. The number of rotatable bonds is 2. The van der Waals surface area contributed by atoms with Crippen LogP contribution in [0.3, 0.4) is 0 Å². The Kier molecular flexibility index (Phi) is 2.77. The summed E-state index contributed by atoms with van der Waals surface area (Å²) in [7, 11) is 0. The molecule has 0 spiro atoms. The smallest absolute Gasteiger partial charge is 0.257 e. The first-order chi connectivity index (χ1) is 8.83. The molecular weight excluding hydrogens is 234 g/mol. The van der Waals surface area contributed by atoms with Crippen molar-refractivity contribution >= 4 is 11.9 Å². The van der Waals surface area contributed by atoms with Crippen molar-refractivity contribution in [1.82, 2.24) is 24.7 Å². The van der Waals surface area contributed by atoms with Crippen LogP contribution in [0.5, 0.6) is 0 Å². The zero-order valence-electron chi connectivity index (χ0n) is 9.73. The van der Waals surface area contributed by atoms with Gasteiger partial charge in [-0.05, 0) is 6.07 Å². The van der Waals surface area contributed by atoms with E-state index in [2.05, 4.69) is 20.1 Å². The molecule has 2 aromatic heterocycles. The average Bonchev–Trinajstić information content (AvgIpc) is 2.93. The minimum absolute atomic E-state index is 0.192. The molecule has 0 aromatic carbocycles. The maximum Gasteiger partial charge on any atom is 0.257 e. The number of anilines is 2. The lowest BCUT2D eigenvalue weighted by molar-refractivity contribution is 0.122. The third kappa shape index (κ3) is 2.09. The maximum atomic E-state index is 5.71. The molecule has 1 aliphatic heterocycles. The molecule has 0 atom stereocenters. The summed E-state index contributed by atoms with van der Waals surface area (Å²) < 4.78 is 6.85. The van der Waals surface area contributed by atoms with Gasteiger partial charge in [0.05, 0.1) is 13.2 Å². The van der Waals surface area contributed by atoms with Gasteiger partial charge in [0.1, 0.15) is 0 Å². The van der Waals surface area contributed by atoms with E-state index < -0.39 is 0 Å². The summed E-state index contributed by atoms with van der Waals surface area (Å²) in [5, 5.41) is 4.08. The topological polar surface area (TPSA) is 95.0 Å². The molecule has 0 saturated carbocycles. The number of hydrogen-bond acceptors (Lipinski definition) is 7. The van der Waals surface area contributed by atoms with Crippen LogP contribution in [0.4, 0.5) is 11.9 Å². The summed E-state index contributed by atoms with van der Waals surface area (Å²) in [5.41, 5.74) is 5.71. The fourth-order valence-electron chi connectivity index (χ4n) is 1.76. The van der Waals surface area contributed by atoms with Gasteiger partial charge in [-0.25, -0.2) is 4.68 Å². The van der Waals surface area contributed by atoms with Gasteiger partial charge in [-0.15, -0.1) is 0 Å². The zero-order chi connectivity index (χ0) is 12.4. The number of nitrogen functional groups attached to an aromatic ring is 1. The van der Waals surface area contributed by atoms with Gasteiger partial charge in [-0.1, -0.05) is 0 Å². The number of hydrogen-bond donors (Lipinski definition) is 1. The summed E-state index contributed by atoms with van der Waals surface area (Å²) in [6, 6.07) is 1.80. The van der Waals surface area contributed by atoms with Crippen molar-refractivity contribution in [2.24, 2.45) is 0 Å². The van der Waals surface area contributed by atoms with E-state index in [1.165, 1.54) is 0 Å². The van der Waals surface area contributed by atoms with Crippen molar-refractivity contribution in [3.05, 3.63) is 18.5 Å². The number of morpholine rings is 1. The van der Waals surface area contributed by atoms with E-state index >= 15 is 0 Å². The number of ether oxygens (including phenoxy) is 1. The van der Waals surface area contributed by atoms with Crippen molar-refractivity contribution < 1.29 is 4.74 Å². The van der Waals surface area contributed by atoms with Crippen LogP contribution in [0, 0.1) is 0 Å². The molecule has 8 nitrogen and oxygen atoms in total. The Bertz CT molecular complexity index is 521. The highest BCUT2D eigenvalue weighted by molar-refractivity contribution is 5.37. The summed E-state index contributed by atoms with van der Waals surface area (Å²) in [6.45, 7) is 2.84. The van der Waals surface area contributed by atoms with E-state index in [1.807, 2.05) is 4.90 Å². The maximum absolute atomic E-state index is 5.71. The second-order valence-corrected chi connectivity index (χ2v) is 3.84. The van der Waals surface area contributed by atoms with Gasteiger partial charge in [0.15, 0.2) is 0 Å². The SMILES string of the molecule is Nc1nc(N2CCOCC2)nc(-n2cccn2)n1. The molecule has 0 unspecified atom stereocenters. The third-order valence-electron chi connectivity index (χ3n) is 2.63. The largest absolute Gasteiger partial charge is 0.378 e. The molecule has 0 amide bonds. The highest BCUT2D eigenvalue weighted by Crippen LogP contribution is 2.12. The predicted molar refractivity (Wildman–Crippen MR) is 64.4 cm³/mol. The Morgan fingerprint density at radius 1 is 1.11 bits per heavy atom. The Balaban J connectivity index is 1.95. The first-order valence-corrected chi connectivity index (χ1v) is 5.67. The standard InChI is InChI=1S/C10H13N7O/c11-8-13-9(16-4-6-18-7-5-16)15-10(14-8)17-3-1-2-12-17/h1-3H,4-7H2,(H2,11,13,14,15). The summed E-state index contributed by atoms with van der Waals surface area (Å²) >= 11 is 0. The van der Waals surface area contributed by atoms with E-state index in [9.17, 15) is 0 Å². The van der Waals surface area contributed by atoms with Gasteiger partial charge >= 0.3 is 0 Å². The Labute approximate surface area is 103 Å². The van der Waals surface area contributed by atoms with Crippen molar-refractivity contribution in [3.63, 3.8) is 0 Å². The van der Waals surface area contributed by atoms with E-state index in [4.69, 9.17) is 10.5 Å². The molecule has 18 heavy (non-hydrogen) atoms. The second-order valence-electron chi connectivity index (χ2n) is 3.84. The molecule has 3 heterocycles. The van der Waals surface area contributed by atoms with Crippen LogP contribution in [0.2, 0.25) is 0 Å². The molecule has 3 rings (SSSR count). The monoisotopic (exact) mass is 247 g/mol. The number of nitrogens with zero attached hydrogens (tertiary/aromatic N) is 6. The minimum atomic E-state index is 0.192. The van der Waals surface area contributed by atoms with Crippen molar-refractivity contribution in [1.29, 1.82) is 0 Å². The first-order valence-electron chi connectivity index (χ1n) is 5.67. The minimum Gasteiger partial charge on any atom is -0.378 e. The lowest BCUT2D eigenvalue weighted by Crippen LogP contribution is -2.37. The van der Waals surface area contributed by atoms with E-state index in [0.717, 1.165) is 13.1 Å². The zero-order valence-corrected chi connectivity index (χ0v) is 9.73. The molecule has 1 saturated heterocycles. The average molecular weight is 247 g/mol. The quantitative estimate of drug-likeness (QED) is 0.762. The van der Waals surface area contributed by atoms with Crippen molar-refractivity contribution in [2.75, 3.05) is 36.9 Å². The van der Waals surface area contributed by atoms with Crippen LogP contribution in [0.15, 0.2) is 18.5 Å². The van der Waals surface area contributed by atoms with Crippen LogP contribution in [-0.4, -0.2) is 51.0 Å². The van der Waals surface area contributed by atoms with E-state index in [-0.39, 0.29) is 5.95 Å². The lowest BCUT2D eigenvalue weighted by Gasteiger charge is -2.26. The fraction of sp³-hybridized carbons (Fsp3) is 0.400.